The van der Waals surface area contributed by atoms with Crippen LogP contribution in [0.4, 0.5) is 29.3 Å². The maximum Gasteiger partial charge on any atom is 0.394 e. The van der Waals surface area contributed by atoms with Crippen LogP contribution in [0.3, 0.4) is 0 Å². The molecule has 0 spiro atoms. The molecule has 1 saturated heterocycles. The Kier molecular flexibility index (Phi) is 5.10. The number of carbonyl (C=O) groups excluding carboxylic acids is 1. The Bertz CT molecular complexity index is 766. The van der Waals surface area contributed by atoms with Gasteiger partial charge in [-0.05, 0) is 25.5 Å². The monoisotopic (exact) mass is 375 g/mol. The van der Waals surface area contributed by atoms with Crippen LogP contribution in [0, 0.1) is 35.8 Å². The van der Waals surface area contributed by atoms with Gasteiger partial charge in [0.05, 0.1) is 16.8 Å². The molecule has 0 radical (unpaired) electrons. The zero-order chi connectivity index (χ0) is 19.8. The third-order valence-electron chi connectivity index (χ3n) is 4.33. The summed E-state index contributed by atoms with van der Waals surface area (Å²) < 4.78 is 39.0. The molecule has 0 aliphatic carbocycles. The zero-order valence-electron chi connectivity index (χ0n) is 13.8. The summed E-state index contributed by atoms with van der Waals surface area (Å²) in [5.74, 6) is -5.50. The number of anilines is 1. The van der Waals surface area contributed by atoms with Gasteiger partial charge < -0.3 is 15.3 Å². The van der Waals surface area contributed by atoms with Gasteiger partial charge in [0.1, 0.15) is 0 Å². The third kappa shape index (κ3) is 3.86. The Morgan fingerprint density at radius 2 is 1.88 bits per heavy atom. The number of urea groups is 1. The van der Waals surface area contributed by atoms with Gasteiger partial charge in [-0.25, -0.2) is 4.79 Å². The van der Waals surface area contributed by atoms with Crippen molar-refractivity contribution in [1.82, 2.24) is 4.90 Å². The molecule has 26 heavy (non-hydrogen) atoms. The summed E-state index contributed by atoms with van der Waals surface area (Å²) in [6, 6.07) is 1.70. The molecule has 0 aromatic heterocycles. The van der Waals surface area contributed by atoms with Crippen LogP contribution in [0.25, 0.3) is 0 Å². The first kappa shape index (κ1) is 19.5. The van der Waals surface area contributed by atoms with Gasteiger partial charge in [-0.1, -0.05) is 0 Å². The smallest absolute Gasteiger partial charge is 0.394 e. The second kappa shape index (κ2) is 6.81. The summed E-state index contributed by atoms with van der Waals surface area (Å²) in [5, 5.41) is 22.3. The largest absolute Gasteiger partial charge is 0.481 e. The molecule has 1 fully saturated rings. The van der Waals surface area contributed by atoms with Crippen molar-refractivity contribution >= 4 is 23.4 Å². The highest BCUT2D eigenvalue weighted by Crippen LogP contribution is 2.38. The van der Waals surface area contributed by atoms with E-state index in [0.29, 0.717) is 5.56 Å². The van der Waals surface area contributed by atoms with Crippen LogP contribution in [0.1, 0.15) is 11.1 Å². The van der Waals surface area contributed by atoms with Crippen LogP contribution in [-0.2, 0) is 4.79 Å². The number of benzene rings is 1. The summed E-state index contributed by atoms with van der Waals surface area (Å²) in [6.45, 7) is 1.63. The molecule has 2 atom stereocenters. The van der Waals surface area contributed by atoms with Crippen molar-refractivity contribution in [3.8, 4) is 0 Å². The number of amides is 2. The number of carbonyl (C=O) groups is 2. The Morgan fingerprint density at radius 1 is 1.27 bits per heavy atom. The first-order chi connectivity index (χ1) is 11.9. The van der Waals surface area contributed by atoms with Crippen LogP contribution < -0.4 is 5.32 Å². The van der Waals surface area contributed by atoms with E-state index in [4.69, 9.17) is 5.11 Å². The molecule has 1 aromatic rings. The van der Waals surface area contributed by atoms with Gasteiger partial charge in [0.15, 0.2) is 0 Å². The predicted octanol–water partition coefficient (Wildman–Crippen LogP) is 2.94. The maximum absolute atomic E-state index is 13.0. The molecular weight excluding hydrogens is 359 g/mol. The third-order valence-corrected chi connectivity index (χ3v) is 4.33. The Balaban J connectivity index is 2.19. The number of nitro groups is 1. The number of halogens is 3. The van der Waals surface area contributed by atoms with E-state index in [1.807, 2.05) is 0 Å². The molecule has 1 heterocycles. The quantitative estimate of drug-likeness (QED) is 0.623. The van der Waals surface area contributed by atoms with E-state index in [0.717, 1.165) is 4.90 Å². The number of aliphatic carboxylic acids is 1. The molecule has 11 heteroatoms. The standard InChI is InChI=1S/C15H16F3N3O5/c1-7-4-12(21(25)26)8(2)3-11(7)19-14(24)20-5-9(13(22)23)10(6-20)15(16,17)18/h3-4,9-10H,5-6H2,1-2H3,(H,19,24)(H,22,23)/t9-,10-/m1/s1. The van der Waals surface area contributed by atoms with Crippen molar-refractivity contribution in [3.63, 3.8) is 0 Å². The van der Waals surface area contributed by atoms with Crippen molar-refractivity contribution in [2.24, 2.45) is 11.8 Å². The van der Waals surface area contributed by atoms with Gasteiger partial charge in [-0.15, -0.1) is 0 Å². The number of hydrogen-bond donors (Lipinski definition) is 2. The number of carboxylic acids is 1. The second-order valence-electron chi connectivity index (χ2n) is 6.14. The number of aryl methyl sites for hydroxylation is 2. The molecule has 1 aromatic carbocycles. The molecule has 1 aliphatic heterocycles. The summed E-state index contributed by atoms with van der Waals surface area (Å²) in [7, 11) is 0. The van der Waals surface area contributed by atoms with Gasteiger partial charge in [0, 0.05) is 30.4 Å². The van der Waals surface area contributed by atoms with Gasteiger partial charge in [0.2, 0.25) is 0 Å². The highest BCUT2D eigenvalue weighted by Gasteiger charge is 2.53. The lowest BCUT2D eigenvalue weighted by molar-refractivity contribution is -0.385. The van der Waals surface area contributed by atoms with Gasteiger partial charge in [-0.2, -0.15) is 13.2 Å². The van der Waals surface area contributed by atoms with Gasteiger partial charge in [-0.3, -0.25) is 14.9 Å². The first-order valence-electron chi connectivity index (χ1n) is 7.53. The molecule has 0 bridgehead atoms. The molecule has 142 valence electrons. The Labute approximate surface area is 145 Å². The van der Waals surface area contributed by atoms with Crippen molar-refractivity contribution in [2.75, 3.05) is 18.4 Å². The van der Waals surface area contributed by atoms with E-state index in [2.05, 4.69) is 5.32 Å². The fraction of sp³-hybridized carbons (Fsp3) is 0.467. The zero-order valence-corrected chi connectivity index (χ0v) is 13.8. The fourth-order valence-corrected chi connectivity index (χ4v) is 2.88. The lowest BCUT2D eigenvalue weighted by Crippen LogP contribution is -2.35. The Morgan fingerprint density at radius 3 is 2.35 bits per heavy atom. The molecule has 8 nitrogen and oxygen atoms in total. The average Bonchev–Trinajstić information content (AvgIpc) is 2.96. The van der Waals surface area contributed by atoms with Gasteiger partial charge in [0.25, 0.3) is 5.69 Å². The molecule has 1 aliphatic rings. The number of likely N-dealkylation sites (tertiary alicyclic amines) is 1. The van der Waals surface area contributed by atoms with E-state index in [-0.39, 0.29) is 16.9 Å². The normalized spacial score (nSPS) is 20.1. The summed E-state index contributed by atoms with van der Waals surface area (Å²) >= 11 is 0. The van der Waals surface area contributed by atoms with E-state index >= 15 is 0 Å². The number of nitrogens with one attached hydrogen (secondary N) is 1. The number of nitro benzene ring substituents is 1. The predicted molar refractivity (Wildman–Crippen MR) is 83.8 cm³/mol. The van der Waals surface area contributed by atoms with E-state index in [1.54, 1.807) is 0 Å². The Hall–Kier alpha value is -2.85. The summed E-state index contributed by atoms with van der Waals surface area (Å²) in [5.41, 5.74) is 0.691. The number of alkyl halides is 3. The maximum atomic E-state index is 13.0. The van der Waals surface area contributed by atoms with Crippen LogP contribution in [-0.4, -0.2) is 46.2 Å². The SMILES string of the molecule is Cc1cc([N+](=O)[O-])c(C)cc1NC(=O)N1C[C@@H](C(F)(F)F)[C@H](C(=O)O)C1. The lowest BCUT2D eigenvalue weighted by Gasteiger charge is -2.19. The van der Waals surface area contributed by atoms with Crippen molar-refractivity contribution in [2.45, 2.75) is 20.0 Å². The molecule has 0 saturated carbocycles. The molecule has 0 unspecified atom stereocenters. The number of rotatable bonds is 3. The topological polar surface area (TPSA) is 113 Å². The highest BCUT2D eigenvalue weighted by molar-refractivity contribution is 5.91. The average molecular weight is 375 g/mol. The molecule has 2 rings (SSSR count). The molecular formula is C15H16F3N3O5. The number of hydrogen-bond acceptors (Lipinski definition) is 4. The van der Waals surface area contributed by atoms with E-state index < -0.39 is 48.0 Å². The fourth-order valence-electron chi connectivity index (χ4n) is 2.88. The minimum atomic E-state index is -4.74. The van der Waals surface area contributed by atoms with Crippen LogP contribution in [0.2, 0.25) is 0 Å². The second-order valence-corrected chi connectivity index (χ2v) is 6.14. The van der Waals surface area contributed by atoms with Crippen molar-refractivity contribution in [1.29, 1.82) is 0 Å². The lowest BCUT2D eigenvalue weighted by atomic mass is 9.96. The molecule has 2 N–H and O–H groups in total. The minimum absolute atomic E-state index is 0.148. The van der Waals surface area contributed by atoms with E-state index in [9.17, 15) is 32.9 Å². The summed E-state index contributed by atoms with van der Waals surface area (Å²) in [6.07, 6.45) is -4.74. The number of nitrogens with zero attached hydrogens (tertiary/aromatic N) is 2. The summed E-state index contributed by atoms with van der Waals surface area (Å²) in [4.78, 5) is 34.4. The van der Waals surface area contributed by atoms with Crippen molar-refractivity contribution in [3.05, 3.63) is 33.4 Å². The van der Waals surface area contributed by atoms with E-state index in [1.165, 1.54) is 26.0 Å². The van der Waals surface area contributed by atoms with Gasteiger partial charge >= 0.3 is 18.2 Å². The van der Waals surface area contributed by atoms with Crippen LogP contribution in [0.5, 0.6) is 0 Å². The molecule has 2 amide bonds. The van der Waals surface area contributed by atoms with Crippen LogP contribution >= 0.6 is 0 Å². The highest BCUT2D eigenvalue weighted by atomic mass is 19.4. The first-order valence-corrected chi connectivity index (χ1v) is 7.53. The minimum Gasteiger partial charge on any atom is -0.481 e. The number of carboxylic acid groups (broad SMARTS) is 1. The van der Waals surface area contributed by atoms with Crippen LogP contribution in [0.15, 0.2) is 12.1 Å². The van der Waals surface area contributed by atoms with Crippen molar-refractivity contribution < 1.29 is 32.8 Å².